The van der Waals surface area contributed by atoms with Crippen molar-refractivity contribution in [1.29, 1.82) is 0 Å². The molecule has 0 bridgehead atoms. The molecule has 2 aliphatic rings. The lowest BCUT2D eigenvalue weighted by molar-refractivity contribution is -0.384. The lowest BCUT2D eigenvalue weighted by Gasteiger charge is -2.30. The third kappa shape index (κ3) is 3.49. The number of non-ortho nitro benzene ring substituents is 1. The number of aryl methyl sites for hydroxylation is 1. The fourth-order valence-electron chi connectivity index (χ4n) is 3.87. The molecule has 4 rings (SSSR count). The first-order valence-electron chi connectivity index (χ1n) is 9.61. The summed E-state index contributed by atoms with van der Waals surface area (Å²) in [7, 11) is 0. The topological polar surface area (TPSA) is 123 Å². The van der Waals surface area contributed by atoms with Crippen LogP contribution < -0.4 is 5.32 Å². The third-order valence-corrected chi connectivity index (χ3v) is 5.43. The van der Waals surface area contributed by atoms with Gasteiger partial charge in [-0.3, -0.25) is 29.9 Å². The van der Waals surface area contributed by atoms with E-state index in [4.69, 9.17) is 4.42 Å². The van der Waals surface area contributed by atoms with Crippen molar-refractivity contribution < 1.29 is 23.7 Å². The Bertz CT molecular complexity index is 1090. The van der Waals surface area contributed by atoms with E-state index in [0.717, 1.165) is 36.1 Å². The number of nitrogens with zero attached hydrogens (tertiary/aromatic N) is 2. The van der Waals surface area contributed by atoms with Gasteiger partial charge in [0.25, 0.3) is 17.5 Å². The number of urea groups is 1. The van der Waals surface area contributed by atoms with Gasteiger partial charge in [0, 0.05) is 23.7 Å². The second-order valence-electron chi connectivity index (χ2n) is 7.39. The molecule has 0 unspecified atom stereocenters. The predicted molar refractivity (Wildman–Crippen MR) is 106 cm³/mol. The molecule has 1 aromatic heterocycles. The maximum atomic E-state index is 12.8. The molecular formula is C21H19N3O6. The molecule has 0 radical (unpaired) electrons. The number of imide groups is 2. The Hall–Kier alpha value is -3.75. The molecule has 1 aliphatic heterocycles. The number of benzene rings is 1. The zero-order chi connectivity index (χ0) is 21.4. The second kappa shape index (κ2) is 7.58. The molecule has 0 atom stereocenters. The van der Waals surface area contributed by atoms with E-state index in [1.807, 2.05) is 0 Å². The molecule has 1 saturated carbocycles. The lowest BCUT2D eigenvalue weighted by Crippen LogP contribution is -2.57. The Balaban J connectivity index is 1.65. The predicted octanol–water partition coefficient (Wildman–Crippen LogP) is 3.57. The van der Waals surface area contributed by atoms with Gasteiger partial charge in [-0.1, -0.05) is 18.9 Å². The Morgan fingerprint density at radius 1 is 1.17 bits per heavy atom. The van der Waals surface area contributed by atoms with Crippen molar-refractivity contribution in [2.24, 2.45) is 0 Å². The van der Waals surface area contributed by atoms with Crippen LogP contribution in [0.2, 0.25) is 0 Å². The number of furan rings is 1. The van der Waals surface area contributed by atoms with Crippen molar-refractivity contribution in [1.82, 2.24) is 10.2 Å². The van der Waals surface area contributed by atoms with E-state index < -0.39 is 22.8 Å². The van der Waals surface area contributed by atoms with Crippen LogP contribution in [0.4, 0.5) is 10.5 Å². The normalized spacial score (nSPS) is 18.9. The summed E-state index contributed by atoms with van der Waals surface area (Å²) in [4.78, 5) is 49.0. The van der Waals surface area contributed by atoms with E-state index in [-0.39, 0.29) is 23.1 Å². The van der Waals surface area contributed by atoms with E-state index in [1.165, 1.54) is 18.2 Å². The number of nitro benzene ring substituents is 1. The molecule has 1 aliphatic carbocycles. The van der Waals surface area contributed by atoms with Gasteiger partial charge in [-0.15, -0.1) is 0 Å². The Morgan fingerprint density at radius 3 is 2.60 bits per heavy atom. The molecule has 9 nitrogen and oxygen atoms in total. The van der Waals surface area contributed by atoms with Crippen molar-refractivity contribution in [2.45, 2.75) is 38.6 Å². The summed E-state index contributed by atoms with van der Waals surface area (Å²) in [6, 6.07) is 6.71. The van der Waals surface area contributed by atoms with Crippen LogP contribution in [0.1, 0.15) is 37.0 Å². The largest absolute Gasteiger partial charge is 0.457 e. The summed E-state index contributed by atoms with van der Waals surface area (Å²) in [5, 5.41) is 13.3. The second-order valence-corrected chi connectivity index (χ2v) is 7.39. The molecule has 2 aromatic rings. The summed E-state index contributed by atoms with van der Waals surface area (Å²) in [5.41, 5.74) is 1.06. The van der Waals surface area contributed by atoms with Crippen LogP contribution in [-0.4, -0.2) is 33.7 Å². The van der Waals surface area contributed by atoms with Crippen molar-refractivity contribution in [3.05, 3.63) is 57.3 Å². The smallest absolute Gasteiger partial charge is 0.331 e. The highest BCUT2D eigenvalue weighted by molar-refractivity contribution is 6.31. The molecule has 4 amide bonds. The number of hydrogen-bond acceptors (Lipinski definition) is 6. The zero-order valence-corrected chi connectivity index (χ0v) is 16.2. The Kier molecular flexibility index (Phi) is 4.94. The van der Waals surface area contributed by atoms with E-state index in [1.54, 1.807) is 25.1 Å². The molecule has 1 aromatic carbocycles. The first-order chi connectivity index (χ1) is 14.3. The van der Waals surface area contributed by atoms with Gasteiger partial charge in [0.15, 0.2) is 0 Å². The van der Waals surface area contributed by atoms with Crippen molar-refractivity contribution in [2.75, 3.05) is 0 Å². The maximum absolute atomic E-state index is 12.8. The van der Waals surface area contributed by atoms with Gasteiger partial charge in [0.05, 0.1) is 4.92 Å². The maximum Gasteiger partial charge on any atom is 0.331 e. The van der Waals surface area contributed by atoms with E-state index >= 15 is 0 Å². The minimum Gasteiger partial charge on any atom is -0.457 e. The quantitative estimate of drug-likeness (QED) is 0.356. The SMILES string of the molecule is Cc1ccc([N+](=O)[O-])cc1-c1ccc(/C=C2/C(=O)NC(=O)N(C3CCCC3)C2=O)o1. The number of carbonyl (C=O) groups excluding carboxylic acids is 3. The summed E-state index contributed by atoms with van der Waals surface area (Å²) in [6.07, 6.45) is 4.59. The highest BCUT2D eigenvalue weighted by Gasteiger charge is 2.40. The van der Waals surface area contributed by atoms with Crippen molar-refractivity contribution in [3.63, 3.8) is 0 Å². The minimum absolute atomic E-state index is 0.0699. The molecule has 9 heteroatoms. The van der Waals surface area contributed by atoms with Gasteiger partial charge in [-0.05, 0) is 43.5 Å². The summed E-state index contributed by atoms with van der Waals surface area (Å²) in [5.74, 6) is -0.811. The molecule has 2 fully saturated rings. The van der Waals surface area contributed by atoms with Crippen LogP contribution in [0, 0.1) is 17.0 Å². The van der Waals surface area contributed by atoms with Gasteiger partial charge in [-0.2, -0.15) is 0 Å². The number of nitro groups is 1. The third-order valence-electron chi connectivity index (χ3n) is 5.43. The number of barbiturate groups is 1. The van der Waals surface area contributed by atoms with E-state index in [2.05, 4.69) is 5.32 Å². The van der Waals surface area contributed by atoms with Gasteiger partial charge in [0.2, 0.25) is 0 Å². The monoisotopic (exact) mass is 409 g/mol. The standard InChI is InChI=1S/C21H19N3O6/c1-12-6-7-14(24(28)29)10-16(12)18-9-8-15(30-18)11-17-19(25)22-21(27)23(20(17)26)13-4-2-3-5-13/h6-11,13H,2-5H2,1H3,(H,22,25,27)/b17-11-. The zero-order valence-electron chi connectivity index (χ0n) is 16.2. The average Bonchev–Trinajstić information content (AvgIpc) is 3.37. The van der Waals surface area contributed by atoms with Crippen molar-refractivity contribution >= 4 is 29.6 Å². The first kappa shape index (κ1) is 19.6. The first-order valence-corrected chi connectivity index (χ1v) is 9.61. The van der Waals surface area contributed by atoms with Crippen LogP contribution in [0.15, 0.2) is 40.3 Å². The molecule has 30 heavy (non-hydrogen) atoms. The fourth-order valence-corrected chi connectivity index (χ4v) is 3.87. The molecular weight excluding hydrogens is 390 g/mol. The van der Waals surface area contributed by atoms with Crippen LogP contribution in [0.5, 0.6) is 0 Å². The minimum atomic E-state index is -0.774. The van der Waals surface area contributed by atoms with Crippen LogP contribution in [0.25, 0.3) is 17.4 Å². The summed E-state index contributed by atoms with van der Waals surface area (Å²) < 4.78 is 5.74. The van der Waals surface area contributed by atoms with Crippen LogP contribution in [-0.2, 0) is 9.59 Å². The number of carbonyl (C=O) groups is 3. The van der Waals surface area contributed by atoms with Crippen molar-refractivity contribution in [3.8, 4) is 11.3 Å². The summed E-state index contributed by atoms with van der Waals surface area (Å²) >= 11 is 0. The lowest BCUT2D eigenvalue weighted by atomic mass is 10.1. The van der Waals surface area contributed by atoms with Gasteiger partial charge < -0.3 is 4.42 Å². The molecule has 1 N–H and O–H groups in total. The molecule has 0 spiro atoms. The number of nitrogens with one attached hydrogen (secondary N) is 1. The highest BCUT2D eigenvalue weighted by atomic mass is 16.6. The summed E-state index contributed by atoms with van der Waals surface area (Å²) in [6.45, 7) is 1.79. The fraction of sp³-hybridized carbons (Fsp3) is 0.286. The Morgan fingerprint density at radius 2 is 1.90 bits per heavy atom. The van der Waals surface area contributed by atoms with Gasteiger partial charge >= 0.3 is 6.03 Å². The average molecular weight is 409 g/mol. The van der Waals surface area contributed by atoms with Gasteiger partial charge in [0.1, 0.15) is 17.1 Å². The van der Waals surface area contributed by atoms with Crippen LogP contribution in [0.3, 0.4) is 0 Å². The number of rotatable bonds is 4. The molecule has 1 saturated heterocycles. The number of amides is 4. The highest BCUT2D eigenvalue weighted by Crippen LogP contribution is 2.31. The molecule has 154 valence electrons. The van der Waals surface area contributed by atoms with Crippen LogP contribution >= 0.6 is 0 Å². The van der Waals surface area contributed by atoms with E-state index in [9.17, 15) is 24.5 Å². The van der Waals surface area contributed by atoms with Gasteiger partial charge in [-0.25, -0.2) is 4.79 Å². The number of hydrogen-bond donors (Lipinski definition) is 1. The molecule has 2 heterocycles. The van der Waals surface area contributed by atoms with E-state index in [0.29, 0.717) is 11.3 Å². The Labute approximate surface area is 171 Å².